The van der Waals surface area contributed by atoms with E-state index >= 15 is 0 Å². The zero-order valence-corrected chi connectivity index (χ0v) is 9.86. The average Bonchev–Trinajstić information content (AvgIpc) is 2.26. The average molecular weight is 237 g/mol. The minimum Gasteiger partial charge on any atom is -0.461 e. The summed E-state index contributed by atoms with van der Waals surface area (Å²) in [5.41, 5.74) is 7.57. The molecule has 1 aromatic carbocycles. The summed E-state index contributed by atoms with van der Waals surface area (Å²) in [5, 5.41) is 0. The normalized spacial score (nSPS) is 9.76. The van der Waals surface area contributed by atoms with Crippen molar-refractivity contribution in [2.24, 2.45) is 5.73 Å². The number of amides is 1. The van der Waals surface area contributed by atoms with Crippen LogP contribution in [0.15, 0.2) is 18.2 Å². The lowest BCUT2D eigenvalue weighted by Gasteiger charge is -2.09. The van der Waals surface area contributed by atoms with Gasteiger partial charge >= 0.3 is 12.1 Å². The highest BCUT2D eigenvalue weighted by Gasteiger charge is 2.04. The van der Waals surface area contributed by atoms with Crippen LogP contribution in [0.25, 0.3) is 0 Å². The number of rotatable bonds is 4. The van der Waals surface area contributed by atoms with Gasteiger partial charge in [-0.25, -0.2) is 4.79 Å². The highest BCUT2D eigenvalue weighted by Crippen LogP contribution is 2.13. The zero-order chi connectivity index (χ0) is 12.8. The molecule has 92 valence electrons. The van der Waals surface area contributed by atoms with Crippen LogP contribution in [0.1, 0.15) is 23.6 Å². The Bertz CT molecular complexity index is 429. The summed E-state index contributed by atoms with van der Waals surface area (Å²) in [6.07, 6.45) is -0.813. The lowest BCUT2D eigenvalue weighted by atomic mass is 10.1. The Morgan fingerprint density at radius 2 is 1.94 bits per heavy atom. The number of aryl methyl sites for hydroxylation is 1. The van der Waals surface area contributed by atoms with E-state index in [1.54, 1.807) is 0 Å². The molecule has 1 rings (SSSR count). The van der Waals surface area contributed by atoms with E-state index in [0.29, 0.717) is 0 Å². The lowest BCUT2D eigenvalue weighted by Crippen LogP contribution is -2.12. The van der Waals surface area contributed by atoms with Crippen LogP contribution in [0.4, 0.5) is 4.79 Å². The van der Waals surface area contributed by atoms with Crippen LogP contribution in [0, 0.1) is 6.92 Å². The van der Waals surface area contributed by atoms with Gasteiger partial charge in [0.15, 0.2) is 0 Å². The minimum atomic E-state index is -0.813. The van der Waals surface area contributed by atoms with Crippen LogP contribution in [-0.4, -0.2) is 12.1 Å². The second-order valence-corrected chi connectivity index (χ2v) is 3.65. The van der Waals surface area contributed by atoms with Gasteiger partial charge < -0.3 is 15.2 Å². The molecule has 1 amide bonds. The van der Waals surface area contributed by atoms with Gasteiger partial charge in [0, 0.05) is 6.92 Å². The number of primary amides is 1. The summed E-state index contributed by atoms with van der Waals surface area (Å²) < 4.78 is 9.60. The van der Waals surface area contributed by atoms with Crippen molar-refractivity contribution in [3.05, 3.63) is 34.9 Å². The van der Waals surface area contributed by atoms with Gasteiger partial charge in [-0.05, 0) is 29.7 Å². The molecule has 0 aliphatic heterocycles. The molecule has 1 aromatic rings. The third kappa shape index (κ3) is 4.55. The molecule has 0 heterocycles. The van der Waals surface area contributed by atoms with Crippen LogP contribution in [0.5, 0.6) is 0 Å². The highest BCUT2D eigenvalue weighted by atomic mass is 16.5. The lowest BCUT2D eigenvalue weighted by molar-refractivity contribution is -0.142. The van der Waals surface area contributed by atoms with Crippen molar-refractivity contribution >= 4 is 12.1 Å². The van der Waals surface area contributed by atoms with Crippen LogP contribution in [0.3, 0.4) is 0 Å². The maximum absolute atomic E-state index is 10.7. The first-order valence-corrected chi connectivity index (χ1v) is 5.13. The Hall–Kier alpha value is -2.04. The summed E-state index contributed by atoms with van der Waals surface area (Å²) in [7, 11) is 0. The SMILES string of the molecule is CC(=O)OCc1cc(COC(N)=O)ccc1C. The third-order valence-corrected chi connectivity index (χ3v) is 2.23. The predicted octanol–water partition coefficient (Wildman–Crippen LogP) is 1.65. The van der Waals surface area contributed by atoms with Crippen LogP contribution in [-0.2, 0) is 27.5 Å². The van der Waals surface area contributed by atoms with Gasteiger partial charge in [-0.3, -0.25) is 4.79 Å². The van der Waals surface area contributed by atoms with Gasteiger partial charge in [-0.15, -0.1) is 0 Å². The van der Waals surface area contributed by atoms with Crippen LogP contribution >= 0.6 is 0 Å². The van der Waals surface area contributed by atoms with E-state index < -0.39 is 6.09 Å². The standard InChI is InChI=1S/C12H15NO4/c1-8-3-4-10(6-17-12(13)15)5-11(8)7-16-9(2)14/h3-5H,6-7H2,1-2H3,(H2,13,15). The van der Waals surface area contributed by atoms with Crippen molar-refractivity contribution in [3.8, 4) is 0 Å². The number of carbonyl (C=O) groups is 2. The monoisotopic (exact) mass is 237 g/mol. The molecule has 0 aromatic heterocycles. The van der Waals surface area contributed by atoms with E-state index in [2.05, 4.69) is 4.74 Å². The first kappa shape index (κ1) is 13.0. The summed E-state index contributed by atoms with van der Waals surface area (Å²) >= 11 is 0. The Labute approximate surface area is 99.5 Å². The second-order valence-electron chi connectivity index (χ2n) is 3.65. The van der Waals surface area contributed by atoms with Crippen LogP contribution in [0.2, 0.25) is 0 Å². The molecule has 0 spiro atoms. The maximum atomic E-state index is 10.7. The molecule has 0 saturated heterocycles. The molecule has 0 radical (unpaired) electrons. The zero-order valence-electron chi connectivity index (χ0n) is 9.86. The van der Waals surface area contributed by atoms with Crippen molar-refractivity contribution in [1.29, 1.82) is 0 Å². The van der Waals surface area contributed by atoms with Gasteiger partial charge in [0.1, 0.15) is 13.2 Å². The van der Waals surface area contributed by atoms with E-state index in [0.717, 1.165) is 16.7 Å². The molecule has 0 atom stereocenters. The molecule has 17 heavy (non-hydrogen) atoms. The van der Waals surface area contributed by atoms with E-state index in [-0.39, 0.29) is 19.2 Å². The van der Waals surface area contributed by atoms with Crippen molar-refractivity contribution in [3.63, 3.8) is 0 Å². The van der Waals surface area contributed by atoms with E-state index in [4.69, 9.17) is 10.5 Å². The quantitative estimate of drug-likeness (QED) is 0.807. The number of hydrogen-bond acceptors (Lipinski definition) is 4. The number of esters is 1. The fourth-order valence-corrected chi connectivity index (χ4v) is 1.30. The van der Waals surface area contributed by atoms with Crippen molar-refractivity contribution in [2.45, 2.75) is 27.1 Å². The number of nitrogens with two attached hydrogens (primary N) is 1. The predicted molar refractivity (Wildman–Crippen MR) is 61.0 cm³/mol. The van der Waals surface area contributed by atoms with E-state index in [9.17, 15) is 9.59 Å². The molecule has 0 aliphatic rings. The molecule has 0 unspecified atom stereocenters. The Morgan fingerprint density at radius 1 is 1.24 bits per heavy atom. The largest absolute Gasteiger partial charge is 0.461 e. The fourth-order valence-electron chi connectivity index (χ4n) is 1.30. The highest BCUT2D eigenvalue weighted by molar-refractivity contribution is 5.66. The first-order chi connectivity index (χ1) is 7.99. The molecular weight excluding hydrogens is 222 g/mol. The van der Waals surface area contributed by atoms with Gasteiger partial charge in [0.05, 0.1) is 0 Å². The Balaban J connectivity index is 2.71. The van der Waals surface area contributed by atoms with E-state index in [1.807, 2.05) is 25.1 Å². The number of ether oxygens (including phenoxy) is 2. The fraction of sp³-hybridized carbons (Fsp3) is 0.333. The van der Waals surface area contributed by atoms with Gasteiger partial charge in [-0.2, -0.15) is 0 Å². The molecule has 5 nitrogen and oxygen atoms in total. The van der Waals surface area contributed by atoms with Crippen molar-refractivity contribution in [2.75, 3.05) is 0 Å². The van der Waals surface area contributed by atoms with E-state index in [1.165, 1.54) is 6.92 Å². The van der Waals surface area contributed by atoms with Crippen molar-refractivity contribution < 1.29 is 19.1 Å². The molecule has 0 bridgehead atoms. The topological polar surface area (TPSA) is 78.6 Å². The molecular formula is C12H15NO4. The van der Waals surface area contributed by atoms with Crippen molar-refractivity contribution in [1.82, 2.24) is 0 Å². The molecule has 0 fully saturated rings. The maximum Gasteiger partial charge on any atom is 0.404 e. The molecule has 0 aliphatic carbocycles. The second kappa shape index (κ2) is 5.89. The number of carbonyl (C=O) groups excluding carboxylic acids is 2. The number of benzene rings is 1. The summed E-state index contributed by atoms with van der Waals surface area (Å²) in [4.78, 5) is 21.2. The summed E-state index contributed by atoms with van der Waals surface area (Å²) in [5.74, 6) is -0.330. The Morgan fingerprint density at radius 3 is 2.53 bits per heavy atom. The Kier molecular flexibility index (Phi) is 4.51. The summed E-state index contributed by atoms with van der Waals surface area (Å²) in [6, 6.07) is 5.52. The number of hydrogen-bond donors (Lipinski definition) is 1. The molecule has 5 heteroatoms. The molecule has 2 N–H and O–H groups in total. The molecule has 0 saturated carbocycles. The minimum absolute atomic E-state index is 0.114. The first-order valence-electron chi connectivity index (χ1n) is 5.13. The van der Waals surface area contributed by atoms with Gasteiger partial charge in [0.2, 0.25) is 0 Å². The van der Waals surface area contributed by atoms with Crippen LogP contribution < -0.4 is 5.73 Å². The smallest absolute Gasteiger partial charge is 0.404 e. The third-order valence-electron chi connectivity index (χ3n) is 2.23. The van der Waals surface area contributed by atoms with Gasteiger partial charge in [0.25, 0.3) is 0 Å². The summed E-state index contributed by atoms with van der Waals surface area (Å²) in [6.45, 7) is 3.60. The van der Waals surface area contributed by atoms with Gasteiger partial charge in [-0.1, -0.05) is 12.1 Å².